The van der Waals surface area contributed by atoms with Crippen LogP contribution in [0, 0.1) is 5.92 Å². The Kier molecular flexibility index (Phi) is 3.75. The molecule has 1 aromatic carbocycles. The number of sulfone groups is 1. The molecular weight excluding hydrogens is 344 g/mol. The van der Waals surface area contributed by atoms with E-state index in [4.69, 9.17) is 4.42 Å². The Morgan fingerprint density at radius 2 is 2.04 bits per heavy atom. The SMILES string of the molecule is CC1CC(=O)NN=C1c1ccc2nc(N3CCS(=O)(=O)CC3)oc2c1. The summed E-state index contributed by atoms with van der Waals surface area (Å²) in [6.07, 6.45) is 0.404. The van der Waals surface area contributed by atoms with Crippen molar-refractivity contribution in [3.63, 3.8) is 0 Å². The van der Waals surface area contributed by atoms with Gasteiger partial charge in [-0.1, -0.05) is 13.0 Å². The third kappa shape index (κ3) is 3.11. The van der Waals surface area contributed by atoms with Crippen molar-refractivity contribution in [1.82, 2.24) is 10.4 Å². The van der Waals surface area contributed by atoms with Crippen molar-refractivity contribution in [2.24, 2.45) is 11.0 Å². The Balaban J connectivity index is 1.63. The number of aromatic nitrogens is 1. The molecule has 3 heterocycles. The monoisotopic (exact) mass is 362 g/mol. The highest BCUT2D eigenvalue weighted by atomic mass is 32.2. The quantitative estimate of drug-likeness (QED) is 0.852. The van der Waals surface area contributed by atoms with Crippen LogP contribution in [0.25, 0.3) is 11.1 Å². The fourth-order valence-electron chi connectivity index (χ4n) is 3.11. The first-order valence-electron chi connectivity index (χ1n) is 8.14. The lowest BCUT2D eigenvalue weighted by molar-refractivity contribution is -0.121. The second kappa shape index (κ2) is 5.83. The number of nitrogens with one attached hydrogen (secondary N) is 1. The summed E-state index contributed by atoms with van der Waals surface area (Å²) in [6, 6.07) is 6.06. The molecule has 1 N–H and O–H groups in total. The number of amides is 1. The standard InChI is InChI=1S/C16H18N4O4S/c1-10-8-14(21)18-19-15(10)11-2-3-12-13(9-11)24-16(17-12)20-4-6-25(22,23)7-5-20/h2-3,9-10H,4-8H2,1H3,(H,18,21). The van der Waals surface area contributed by atoms with E-state index in [1.165, 1.54) is 0 Å². The summed E-state index contributed by atoms with van der Waals surface area (Å²) in [5.41, 5.74) is 5.53. The highest BCUT2D eigenvalue weighted by molar-refractivity contribution is 7.91. The number of benzene rings is 1. The minimum absolute atomic E-state index is 0.0286. The van der Waals surface area contributed by atoms with Gasteiger partial charge in [-0.2, -0.15) is 10.1 Å². The lowest BCUT2D eigenvalue weighted by Gasteiger charge is -2.24. The van der Waals surface area contributed by atoms with E-state index in [2.05, 4.69) is 15.5 Å². The van der Waals surface area contributed by atoms with E-state index in [9.17, 15) is 13.2 Å². The van der Waals surface area contributed by atoms with Gasteiger partial charge in [-0.05, 0) is 12.1 Å². The fourth-order valence-corrected chi connectivity index (χ4v) is 4.31. The Morgan fingerprint density at radius 1 is 1.28 bits per heavy atom. The molecule has 1 saturated heterocycles. The molecular formula is C16H18N4O4S. The molecule has 25 heavy (non-hydrogen) atoms. The van der Waals surface area contributed by atoms with Crippen molar-refractivity contribution in [2.75, 3.05) is 29.5 Å². The molecule has 1 fully saturated rings. The maximum atomic E-state index is 11.6. The lowest BCUT2D eigenvalue weighted by Crippen LogP contribution is -2.40. The molecule has 1 atom stereocenters. The van der Waals surface area contributed by atoms with Crippen LogP contribution >= 0.6 is 0 Å². The number of nitrogens with zero attached hydrogens (tertiary/aromatic N) is 3. The third-order valence-electron chi connectivity index (χ3n) is 4.55. The second-order valence-electron chi connectivity index (χ2n) is 6.46. The summed E-state index contributed by atoms with van der Waals surface area (Å²) in [5, 5.41) is 4.16. The first kappa shape index (κ1) is 16.1. The van der Waals surface area contributed by atoms with Crippen LogP contribution in [0.4, 0.5) is 6.01 Å². The van der Waals surface area contributed by atoms with Crippen LogP contribution in [0.2, 0.25) is 0 Å². The first-order valence-corrected chi connectivity index (χ1v) is 9.96. The zero-order valence-corrected chi connectivity index (χ0v) is 14.5. The van der Waals surface area contributed by atoms with E-state index in [-0.39, 0.29) is 23.3 Å². The number of fused-ring (bicyclic) bond motifs is 1. The molecule has 4 rings (SSSR count). The van der Waals surface area contributed by atoms with Crippen LogP contribution in [0.1, 0.15) is 18.9 Å². The first-order chi connectivity index (χ1) is 11.9. The van der Waals surface area contributed by atoms with Crippen molar-refractivity contribution in [1.29, 1.82) is 0 Å². The normalized spacial score (nSPS) is 23.4. The summed E-state index contributed by atoms with van der Waals surface area (Å²) in [4.78, 5) is 17.7. The maximum absolute atomic E-state index is 11.6. The molecule has 2 aliphatic heterocycles. The van der Waals surface area contributed by atoms with Crippen LogP contribution in [0.3, 0.4) is 0 Å². The number of carbonyl (C=O) groups is 1. The van der Waals surface area contributed by atoms with Crippen molar-refractivity contribution in [3.05, 3.63) is 23.8 Å². The van der Waals surface area contributed by atoms with E-state index in [1.807, 2.05) is 30.0 Å². The summed E-state index contributed by atoms with van der Waals surface area (Å²) >= 11 is 0. The van der Waals surface area contributed by atoms with Gasteiger partial charge in [-0.3, -0.25) is 4.79 Å². The molecule has 132 valence electrons. The fraction of sp³-hybridized carbons (Fsp3) is 0.438. The van der Waals surface area contributed by atoms with Gasteiger partial charge in [0, 0.05) is 31.0 Å². The Morgan fingerprint density at radius 3 is 2.76 bits per heavy atom. The highest BCUT2D eigenvalue weighted by Gasteiger charge is 2.26. The summed E-state index contributed by atoms with van der Waals surface area (Å²) in [5.74, 6) is 0.177. The van der Waals surface area contributed by atoms with E-state index in [0.717, 1.165) is 11.3 Å². The van der Waals surface area contributed by atoms with E-state index < -0.39 is 9.84 Å². The zero-order valence-electron chi connectivity index (χ0n) is 13.7. The average Bonchev–Trinajstić information content (AvgIpc) is 2.97. The van der Waals surface area contributed by atoms with Crippen molar-refractivity contribution >= 4 is 38.6 Å². The molecule has 2 aliphatic rings. The van der Waals surface area contributed by atoms with Crippen molar-refractivity contribution < 1.29 is 17.6 Å². The Labute approximate surface area is 144 Å². The van der Waals surface area contributed by atoms with E-state index in [0.29, 0.717) is 36.6 Å². The van der Waals surface area contributed by atoms with E-state index in [1.54, 1.807) is 0 Å². The molecule has 1 amide bonds. The number of carbonyl (C=O) groups excluding carboxylic acids is 1. The van der Waals surface area contributed by atoms with Gasteiger partial charge in [0.25, 0.3) is 6.01 Å². The summed E-state index contributed by atoms with van der Waals surface area (Å²) < 4.78 is 28.9. The maximum Gasteiger partial charge on any atom is 0.298 e. The minimum Gasteiger partial charge on any atom is -0.423 e. The number of oxazole rings is 1. The van der Waals surface area contributed by atoms with Gasteiger partial charge in [-0.15, -0.1) is 0 Å². The van der Waals surface area contributed by atoms with Gasteiger partial charge in [0.2, 0.25) is 5.91 Å². The smallest absolute Gasteiger partial charge is 0.298 e. The number of hydrogen-bond donors (Lipinski definition) is 1. The highest BCUT2D eigenvalue weighted by Crippen LogP contribution is 2.26. The molecule has 0 bridgehead atoms. The number of rotatable bonds is 2. The molecule has 1 unspecified atom stereocenters. The van der Waals surface area contributed by atoms with Crippen molar-refractivity contribution in [2.45, 2.75) is 13.3 Å². The van der Waals surface area contributed by atoms with Gasteiger partial charge in [-0.25, -0.2) is 13.8 Å². The summed E-state index contributed by atoms with van der Waals surface area (Å²) in [7, 11) is -2.95. The number of hydrazone groups is 1. The van der Waals surface area contributed by atoms with Gasteiger partial charge in [0.15, 0.2) is 15.4 Å². The molecule has 0 spiro atoms. The zero-order chi connectivity index (χ0) is 17.6. The van der Waals surface area contributed by atoms with Gasteiger partial charge < -0.3 is 9.32 Å². The molecule has 0 aliphatic carbocycles. The molecule has 0 radical (unpaired) electrons. The largest absolute Gasteiger partial charge is 0.423 e. The topological polar surface area (TPSA) is 105 Å². The average molecular weight is 362 g/mol. The molecule has 1 aromatic heterocycles. The summed E-state index contributed by atoms with van der Waals surface area (Å²) in [6.45, 7) is 2.73. The molecule has 9 heteroatoms. The van der Waals surface area contributed by atoms with Crippen molar-refractivity contribution in [3.8, 4) is 0 Å². The Hall–Kier alpha value is -2.42. The van der Waals surface area contributed by atoms with Crippen LogP contribution < -0.4 is 10.3 Å². The number of anilines is 1. The minimum atomic E-state index is -2.95. The lowest BCUT2D eigenvalue weighted by atomic mass is 9.94. The van der Waals surface area contributed by atoms with Crippen LogP contribution in [-0.4, -0.2) is 49.6 Å². The molecule has 8 nitrogen and oxygen atoms in total. The van der Waals surface area contributed by atoms with Crippen LogP contribution in [-0.2, 0) is 14.6 Å². The van der Waals surface area contributed by atoms with Gasteiger partial charge in [0.05, 0.1) is 17.2 Å². The van der Waals surface area contributed by atoms with Crippen LogP contribution in [0.5, 0.6) is 0 Å². The van der Waals surface area contributed by atoms with Gasteiger partial charge >= 0.3 is 0 Å². The Bertz CT molecular complexity index is 965. The van der Waals surface area contributed by atoms with Gasteiger partial charge in [0.1, 0.15) is 5.52 Å². The number of hydrogen-bond acceptors (Lipinski definition) is 7. The van der Waals surface area contributed by atoms with Crippen LogP contribution in [0.15, 0.2) is 27.7 Å². The predicted octanol–water partition coefficient (Wildman–Crippen LogP) is 0.923. The predicted molar refractivity (Wildman–Crippen MR) is 93.3 cm³/mol. The molecule has 2 aromatic rings. The second-order valence-corrected chi connectivity index (χ2v) is 8.76. The molecule has 0 saturated carbocycles. The van der Waals surface area contributed by atoms with E-state index >= 15 is 0 Å². The third-order valence-corrected chi connectivity index (χ3v) is 6.16.